The van der Waals surface area contributed by atoms with Crippen molar-refractivity contribution in [2.24, 2.45) is 0 Å². The molecule has 0 aliphatic heterocycles. The molecule has 0 aromatic rings. The van der Waals surface area contributed by atoms with E-state index < -0.39 is 14.8 Å². The van der Waals surface area contributed by atoms with Crippen LogP contribution in [0.5, 0.6) is 0 Å². The average Bonchev–Trinajstić information content (AvgIpc) is 1.84. The molecule has 0 spiro atoms. The molecule has 0 saturated carbocycles. The lowest BCUT2D eigenvalue weighted by Gasteiger charge is -2.19. The molecule has 0 rings (SSSR count). The van der Waals surface area contributed by atoms with E-state index in [-0.39, 0.29) is 0 Å². The van der Waals surface area contributed by atoms with Crippen molar-refractivity contribution in [2.45, 2.75) is 51.1 Å². The zero-order valence-electron chi connectivity index (χ0n) is 8.58. The smallest absolute Gasteiger partial charge is 0.153 e. The first-order valence-corrected chi connectivity index (χ1v) is 12.8. The minimum atomic E-state index is -1.34. The van der Waals surface area contributed by atoms with Crippen molar-refractivity contribution in [3.63, 3.8) is 0 Å². The minimum absolute atomic E-state index is 1.18. The first-order valence-electron chi connectivity index (χ1n) is 4.65. The summed E-state index contributed by atoms with van der Waals surface area (Å²) in [5.41, 5.74) is 0. The quantitative estimate of drug-likeness (QED) is 0.487. The van der Waals surface area contributed by atoms with E-state index >= 15 is 0 Å². The lowest BCUT2D eigenvalue weighted by atomic mass is 10.6. The van der Waals surface area contributed by atoms with Crippen molar-refractivity contribution in [2.75, 3.05) is 0 Å². The van der Waals surface area contributed by atoms with Gasteiger partial charge in [-0.05, 0) is 18.1 Å². The molecule has 0 bridgehead atoms. The van der Waals surface area contributed by atoms with Gasteiger partial charge < -0.3 is 0 Å². The highest BCUT2D eigenvalue weighted by atomic mass is 35.6. The van der Waals surface area contributed by atoms with Crippen LogP contribution in [0.3, 0.4) is 0 Å². The van der Waals surface area contributed by atoms with Gasteiger partial charge in [0.05, 0.1) is 0 Å². The summed E-state index contributed by atoms with van der Waals surface area (Å²) in [4.78, 5) is 0. The molecule has 1 atom stereocenters. The molecular weight excluding hydrogens is 223 g/mol. The van der Waals surface area contributed by atoms with Crippen LogP contribution < -0.4 is 0 Å². The summed E-state index contributed by atoms with van der Waals surface area (Å²) in [6.45, 7) is 8.85. The third kappa shape index (κ3) is 7.65. The maximum Gasteiger partial charge on any atom is 0.153 e. The number of rotatable bonds is 5. The van der Waals surface area contributed by atoms with Crippen LogP contribution >= 0.6 is 22.2 Å². The second-order valence-electron chi connectivity index (χ2n) is 4.34. The maximum absolute atomic E-state index is 6.36. The molecule has 0 aromatic carbocycles. The normalized spacial score (nSPS) is 17.5. The van der Waals surface area contributed by atoms with Crippen LogP contribution in [-0.2, 0) is 0 Å². The lowest BCUT2D eigenvalue weighted by molar-refractivity contribution is 1.02. The Hall–Kier alpha value is 1.01. The third-order valence-electron chi connectivity index (χ3n) is 2.21. The van der Waals surface area contributed by atoms with Crippen molar-refractivity contribution in [1.82, 2.24) is 0 Å². The van der Waals surface area contributed by atoms with E-state index in [4.69, 9.17) is 22.2 Å². The van der Waals surface area contributed by atoms with Crippen LogP contribution in [0, 0.1) is 0 Å². The summed E-state index contributed by atoms with van der Waals surface area (Å²) >= 11 is 12.6. The van der Waals surface area contributed by atoms with Gasteiger partial charge in [-0.1, -0.05) is 33.0 Å². The van der Waals surface area contributed by atoms with E-state index in [0.717, 1.165) is 0 Å². The summed E-state index contributed by atoms with van der Waals surface area (Å²) in [5, 5.41) is 0. The Morgan fingerprint density at radius 3 is 1.83 bits per heavy atom. The third-order valence-corrected chi connectivity index (χ3v) is 8.56. The number of hydrogen-bond acceptors (Lipinski definition) is 0. The first kappa shape index (κ1) is 13.0. The van der Waals surface area contributed by atoms with Crippen molar-refractivity contribution in [1.29, 1.82) is 0 Å². The number of hydrogen-bond donors (Lipinski definition) is 0. The minimum Gasteiger partial charge on any atom is -0.168 e. The Morgan fingerprint density at radius 1 is 1.00 bits per heavy atom. The summed E-state index contributed by atoms with van der Waals surface area (Å²) in [7, 11) is -2.68. The lowest BCUT2D eigenvalue weighted by Crippen LogP contribution is -2.22. The molecular formula is C8H20Cl2Si2. The predicted molar refractivity (Wildman–Crippen MR) is 65.5 cm³/mol. The molecule has 0 aromatic heterocycles. The molecule has 0 radical (unpaired) electrons. The standard InChI is InChI=1S/C8H20Cl2Si2/c1-5-12(4,10)8-6-7-11(2,3)9/h5-8H2,1-4H3. The van der Waals surface area contributed by atoms with Crippen molar-refractivity contribution in [3.05, 3.63) is 0 Å². The van der Waals surface area contributed by atoms with Gasteiger partial charge in [0.2, 0.25) is 0 Å². The van der Waals surface area contributed by atoms with Gasteiger partial charge in [-0.2, -0.15) is 22.2 Å². The highest BCUT2D eigenvalue weighted by Gasteiger charge is 2.23. The monoisotopic (exact) mass is 242 g/mol. The van der Waals surface area contributed by atoms with Crippen LogP contribution in [0.4, 0.5) is 0 Å². The van der Waals surface area contributed by atoms with E-state index in [2.05, 4.69) is 26.6 Å². The fraction of sp³-hybridized carbons (Fsp3) is 1.00. The van der Waals surface area contributed by atoms with Gasteiger partial charge in [0.25, 0.3) is 0 Å². The molecule has 1 unspecified atom stereocenters. The Morgan fingerprint density at radius 2 is 1.50 bits per heavy atom. The average molecular weight is 243 g/mol. The zero-order chi connectivity index (χ0) is 9.83. The molecule has 0 nitrogen and oxygen atoms in total. The second-order valence-corrected chi connectivity index (χ2v) is 18.1. The molecule has 74 valence electrons. The zero-order valence-corrected chi connectivity index (χ0v) is 12.1. The highest BCUT2D eigenvalue weighted by Crippen LogP contribution is 2.26. The Bertz CT molecular complexity index is 130. The molecule has 0 aliphatic rings. The van der Waals surface area contributed by atoms with Crippen LogP contribution in [0.1, 0.15) is 13.3 Å². The first-order chi connectivity index (χ1) is 5.27. The van der Waals surface area contributed by atoms with E-state index in [1.807, 2.05) is 0 Å². The summed E-state index contributed by atoms with van der Waals surface area (Å²) < 4.78 is 0. The molecule has 0 amide bonds. The van der Waals surface area contributed by atoms with Gasteiger partial charge in [0.15, 0.2) is 7.38 Å². The maximum atomic E-state index is 6.36. The summed E-state index contributed by atoms with van der Waals surface area (Å²) in [6.07, 6.45) is 1.24. The van der Waals surface area contributed by atoms with Gasteiger partial charge in [-0.3, -0.25) is 0 Å². The van der Waals surface area contributed by atoms with Crippen LogP contribution in [0.15, 0.2) is 0 Å². The Labute approximate surface area is 88.1 Å². The molecule has 0 aliphatic carbocycles. The van der Waals surface area contributed by atoms with Crippen LogP contribution in [-0.4, -0.2) is 14.8 Å². The SMILES string of the molecule is CC[Si](C)(Cl)CCC[Si](C)(C)Cl. The Balaban J connectivity index is 3.57. The van der Waals surface area contributed by atoms with Gasteiger partial charge in [0, 0.05) is 0 Å². The van der Waals surface area contributed by atoms with Gasteiger partial charge >= 0.3 is 0 Å². The van der Waals surface area contributed by atoms with Gasteiger partial charge in [0.1, 0.15) is 7.38 Å². The summed E-state index contributed by atoms with van der Waals surface area (Å²) in [5.74, 6) is 0. The van der Waals surface area contributed by atoms with E-state index in [1.165, 1.54) is 24.6 Å². The van der Waals surface area contributed by atoms with Crippen LogP contribution in [0.2, 0.25) is 37.8 Å². The van der Waals surface area contributed by atoms with Crippen molar-refractivity contribution < 1.29 is 0 Å². The largest absolute Gasteiger partial charge is 0.168 e. The Kier molecular flexibility index (Phi) is 5.46. The van der Waals surface area contributed by atoms with Crippen LogP contribution in [0.25, 0.3) is 0 Å². The molecule has 12 heavy (non-hydrogen) atoms. The molecule has 0 fully saturated rings. The molecule has 0 heterocycles. The van der Waals surface area contributed by atoms with Crippen molar-refractivity contribution in [3.8, 4) is 0 Å². The number of halogens is 2. The fourth-order valence-corrected chi connectivity index (χ4v) is 4.49. The fourth-order valence-electron chi connectivity index (χ4n) is 1.05. The predicted octanol–water partition coefficient (Wildman–Crippen LogP) is 4.65. The molecule has 0 N–H and O–H groups in total. The van der Waals surface area contributed by atoms with Gasteiger partial charge in [-0.25, -0.2) is 0 Å². The van der Waals surface area contributed by atoms with Gasteiger partial charge in [-0.15, -0.1) is 0 Å². The van der Waals surface area contributed by atoms with Crippen molar-refractivity contribution >= 4 is 36.9 Å². The van der Waals surface area contributed by atoms with E-state index in [0.29, 0.717) is 0 Å². The highest BCUT2D eigenvalue weighted by molar-refractivity contribution is 7.20. The molecule has 0 saturated heterocycles. The summed E-state index contributed by atoms with van der Waals surface area (Å²) in [6, 6.07) is 3.62. The molecule has 4 heteroatoms. The second kappa shape index (κ2) is 5.03. The van der Waals surface area contributed by atoms with E-state index in [9.17, 15) is 0 Å². The topological polar surface area (TPSA) is 0 Å². The van der Waals surface area contributed by atoms with E-state index in [1.54, 1.807) is 0 Å².